The summed E-state index contributed by atoms with van der Waals surface area (Å²) in [6.45, 7) is 11.4. The summed E-state index contributed by atoms with van der Waals surface area (Å²) in [7, 11) is 0. The molecule has 0 bridgehead atoms. The average Bonchev–Trinajstić information content (AvgIpc) is 3.25. The summed E-state index contributed by atoms with van der Waals surface area (Å²) < 4.78 is 16.9. The van der Waals surface area contributed by atoms with Crippen molar-refractivity contribution in [2.24, 2.45) is 11.8 Å². The Morgan fingerprint density at radius 2 is 0.524 bits per heavy atom. The highest BCUT2D eigenvalue weighted by molar-refractivity contribution is 5.71. The number of ether oxygens (including phenoxy) is 3. The maximum absolute atomic E-state index is 12.8. The number of rotatable bonds is 51. The van der Waals surface area contributed by atoms with Gasteiger partial charge < -0.3 is 14.2 Å². The Hall–Kier alpha value is -1.59. The van der Waals surface area contributed by atoms with Gasteiger partial charge in [0.1, 0.15) is 13.2 Å². The molecule has 0 saturated carbocycles. The second-order valence-corrected chi connectivity index (χ2v) is 20.5. The number of unbranched alkanes of at least 4 members (excludes halogenated alkanes) is 36. The molecule has 0 rings (SSSR count). The number of carbonyl (C=O) groups is 3. The van der Waals surface area contributed by atoms with Crippen LogP contribution in [0.25, 0.3) is 0 Å². The summed E-state index contributed by atoms with van der Waals surface area (Å²) >= 11 is 0. The first-order chi connectivity index (χ1) is 30.7. The molecule has 6 heteroatoms. The van der Waals surface area contributed by atoms with Crippen molar-refractivity contribution >= 4 is 17.9 Å². The molecule has 0 radical (unpaired) electrons. The minimum absolute atomic E-state index is 0.0631. The Balaban J connectivity index is 4.28. The molecule has 0 aliphatic carbocycles. The highest BCUT2D eigenvalue weighted by atomic mass is 16.6. The van der Waals surface area contributed by atoms with Crippen LogP contribution in [0.2, 0.25) is 0 Å². The van der Waals surface area contributed by atoms with Crippen molar-refractivity contribution in [2.45, 2.75) is 323 Å². The predicted octanol–water partition coefficient (Wildman–Crippen LogP) is 18.5. The van der Waals surface area contributed by atoms with E-state index in [-0.39, 0.29) is 31.1 Å². The van der Waals surface area contributed by atoms with Crippen molar-refractivity contribution in [3.8, 4) is 0 Å². The number of hydrogen-bond acceptors (Lipinski definition) is 6. The second-order valence-electron chi connectivity index (χ2n) is 20.5. The summed E-state index contributed by atoms with van der Waals surface area (Å²) in [6.07, 6.45) is 52.4. The molecule has 0 spiro atoms. The van der Waals surface area contributed by atoms with Crippen LogP contribution in [0, 0.1) is 11.8 Å². The zero-order valence-electron chi connectivity index (χ0n) is 43.2. The lowest BCUT2D eigenvalue weighted by molar-refractivity contribution is -0.167. The maximum atomic E-state index is 12.8. The van der Waals surface area contributed by atoms with Crippen LogP contribution in [0.5, 0.6) is 0 Å². The van der Waals surface area contributed by atoms with E-state index in [9.17, 15) is 14.4 Å². The zero-order chi connectivity index (χ0) is 46.1. The van der Waals surface area contributed by atoms with Crippen LogP contribution in [0.3, 0.4) is 0 Å². The average molecular weight is 892 g/mol. The first-order valence-corrected chi connectivity index (χ1v) is 28.2. The van der Waals surface area contributed by atoms with Gasteiger partial charge in [0.05, 0.1) is 0 Å². The Kier molecular flexibility index (Phi) is 48.6. The molecule has 6 nitrogen and oxygen atoms in total. The summed E-state index contributed by atoms with van der Waals surface area (Å²) in [6, 6.07) is 0. The van der Waals surface area contributed by atoms with Crippen molar-refractivity contribution in [3.05, 3.63) is 0 Å². The fraction of sp³-hybridized carbons (Fsp3) is 0.947. The Bertz CT molecular complexity index is 962. The van der Waals surface area contributed by atoms with Crippen LogP contribution >= 0.6 is 0 Å². The summed E-state index contributed by atoms with van der Waals surface area (Å²) in [5.74, 6) is 0.800. The van der Waals surface area contributed by atoms with E-state index in [0.717, 1.165) is 69.6 Å². The van der Waals surface area contributed by atoms with Gasteiger partial charge in [-0.25, -0.2) is 0 Å². The Morgan fingerprint density at radius 1 is 0.302 bits per heavy atom. The highest BCUT2D eigenvalue weighted by Gasteiger charge is 2.19. The second kappa shape index (κ2) is 49.8. The van der Waals surface area contributed by atoms with E-state index < -0.39 is 6.10 Å². The third-order valence-electron chi connectivity index (χ3n) is 13.0. The predicted molar refractivity (Wildman–Crippen MR) is 270 cm³/mol. The van der Waals surface area contributed by atoms with E-state index in [1.54, 1.807) is 0 Å². The number of esters is 3. The summed E-state index contributed by atoms with van der Waals surface area (Å²) in [5, 5.41) is 0. The van der Waals surface area contributed by atoms with E-state index in [1.807, 2.05) is 0 Å². The minimum atomic E-state index is -0.763. The van der Waals surface area contributed by atoms with E-state index in [2.05, 4.69) is 34.6 Å². The largest absolute Gasteiger partial charge is 0.462 e. The standard InChI is InChI=1S/C57H110O6/c1-6-7-8-9-10-11-12-13-14-15-16-17-18-21-27-32-37-42-47-55(58)61-50-54(51-62-56(59)48-43-38-33-28-24-23-26-31-36-41-46-53(4)5)63-57(60)49-44-39-34-29-22-19-20-25-30-35-40-45-52(2)3/h52-54H,6-51H2,1-5H3/t54-/m0/s1. The first kappa shape index (κ1) is 61.4. The molecule has 0 N–H and O–H groups in total. The van der Waals surface area contributed by atoms with Crippen LogP contribution in [-0.2, 0) is 28.6 Å². The molecule has 0 unspecified atom stereocenters. The molecule has 0 fully saturated rings. The lowest BCUT2D eigenvalue weighted by Crippen LogP contribution is -2.30. The lowest BCUT2D eigenvalue weighted by atomic mass is 10.0. The third kappa shape index (κ3) is 51.3. The smallest absolute Gasteiger partial charge is 0.306 e. The van der Waals surface area contributed by atoms with E-state index >= 15 is 0 Å². The third-order valence-corrected chi connectivity index (χ3v) is 13.0. The van der Waals surface area contributed by atoms with Gasteiger partial charge in [-0.05, 0) is 31.1 Å². The van der Waals surface area contributed by atoms with Crippen LogP contribution < -0.4 is 0 Å². The van der Waals surface area contributed by atoms with Gasteiger partial charge in [0.2, 0.25) is 0 Å². The first-order valence-electron chi connectivity index (χ1n) is 28.2. The van der Waals surface area contributed by atoms with Gasteiger partial charge in [0.15, 0.2) is 6.10 Å². The van der Waals surface area contributed by atoms with E-state index in [1.165, 1.54) is 205 Å². The zero-order valence-corrected chi connectivity index (χ0v) is 43.2. The van der Waals surface area contributed by atoms with Gasteiger partial charge in [-0.15, -0.1) is 0 Å². The van der Waals surface area contributed by atoms with Crippen LogP contribution in [0.4, 0.5) is 0 Å². The van der Waals surface area contributed by atoms with Crippen molar-refractivity contribution in [1.82, 2.24) is 0 Å². The molecule has 0 aromatic carbocycles. The lowest BCUT2D eigenvalue weighted by Gasteiger charge is -2.18. The van der Waals surface area contributed by atoms with Gasteiger partial charge >= 0.3 is 17.9 Å². The maximum Gasteiger partial charge on any atom is 0.306 e. The molecule has 0 heterocycles. The topological polar surface area (TPSA) is 78.9 Å². The van der Waals surface area contributed by atoms with Gasteiger partial charge in [-0.1, -0.05) is 279 Å². The summed E-state index contributed by atoms with van der Waals surface area (Å²) in [5.41, 5.74) is 0. The quantitative estimate of drug-likeness (QED) is 0.0344. The van der Waals surface area contributed by atoms with E-state index in [4.69, 9.17) is 14.2 Å². The SMILES string of the molecule is CCCCCCCCCCCCCCCCCCCCC(=O)OC[C@@H](COC(=O)CCCCCCCCCCCCC(C)C)OC(=O)CCCCCCCCCCCCCC(C)C. The molecule has 0 aromatic heterocycles. The van der Waals surface area contributed by atoms with Gasteiger partial charge in [0.25, 0.3) is 0 Å². The van der Waals surface area contributed by atoms with E-state index in [0.29, 0.717) is 19.3 Å². The molecule has 374 valence electrons. The van der Waals surface area contributed by atoms with Crippen molar-refractivity contribution < 1.29 is 28.6 Å². The Morgan fingerprint density at radius 3 is 0.778 bits per heavy atom. The molecule has 0 amide bonds. The van der Waals surface area contributed by atoms with Crippen molar-refractivity contribution in [3.63, 3.8) is 0 Å². The van der Waals surface area contributed by atoms with Crippen LogP contribution in [-0.4, -0.2) is 37.2 Å². The molecule has 63 heavy (non-hydrogen) atoms. The molecule has 0 aliphatic rings. The van der Waals surface area contributed by atoms with Gasteiger partial charge in [0, 0.05) is 19.3 Å². The summed E-state index contributed by atoms with van der Waals surface area (Å²) in [4.78, 5) is 38.1. The monoisotopic (exact) mass is 891 g/mol. The number of carbonyl (C=O) groups excluding carboxylic acids is 3. The van der Waals surface area contributed by atoms with Gasteiger partial charge in [-0.3, -0.25) is 14.4 Å². The normalized spacial score (nSPS) is 12.0. The van der Waals surface area contributed by atoms with Crippen molar-refractivity contribution in [1.29, 1.82) is 0 Å². The van der Waals surface area contributed by atoms with Gasteiger partial charge in [-0.2, -0.15) is 0 Å². The molecule has 1 atom stereocenters. The molecular weight excluding hydrogens is 781 g/mol. The van der Waals surface area contributed by atoms with Crippen LogP contribution in [0.15, 0.2) is 0 Å². The molecule has 0 saturated heterocycles. The molecular formula is C57H110O6. The fourth-order valence-corrected chi connectivity index (χ4v) is 8.70. The minimum Gasteiger partial charge on any atom is -0.462 e. The highest BCUT2D eigenvalue weighted by Crippen LogP contribution is 2.18. The number of hydrogen-bond donors (Lipinski definition) is 0. The fourth-order valence-electron chi connectivity index (χ4n) is 8.70. The molecule has 0 aliphatic heterocycles. The van der Waals surface area contributed by atoms with Crippen LogP contribution in [0.1, 0.15) is 317 Å². The van der Waals surface area contributed by atoms with Crippen molar-refractivity contribution in [2.75, 3.05) is 13.2 Å². The Labute approximate surface area is 393 Å². The molecule has 0 aromatic rings.